The molecule has 34 heavy (non-hydrogen) atoms. The molecule has 176 valence electrons. The smallest absolute Gasteiger partial charge is 0.226 e. The van der Waals surface area contributed by atoms with Crippen LogP contribution in [-0.4, -0.2) is 32.0 Å². The second-order valence-electron chi connectivity index (χ2n) is 9.12. The summed E-state index contributed by atoms with van der Waals surface area (Å²) in [6.07, 6.45) is 10.7. The van der Waals surface area contributed by atoms with Crippen molar-refractivity contribution in [3.8, 4) is 0 Å². The lowest BCUT2D eigenvalue weighted by atomic mass is 9.94. The maximum Gasteiger partial charge on any atom is 0.226 e. The maximum atomic E-state index is 12.7. The molecule has 2 aliphatic rings. The molecular weight excluding hydrogens is 442 g/mol. The van der Waals surface area contributed by atoms with Crippen LogP contribution in [0.5, 0.6) is 0 Å². The number of thiocarbonyl (C=S) groups is 1. The molecule has 3 aromatic rings. The number of carbonyl (C=O) groups excluding carboxylic acids is 1. The zero-order chi connectivity index (χ0) is 23.3. The standard InChI is InChI=1S/C27H31N5OS/c33-24(29-20-10-3-1-4-11-20)16-19-32-26(25(30-27(32)34)22-14-7-8-17-28-22)23-15-9-18-31(23)21-12-5-2-6-13-21/h1,3-4,7-11,14-15,17-18,21,25-26H,2,5-6,12-13,16,19H2,(H,29,33)(H,30,34)/t25-,26+/m0/s1. The summed E-state index contributed by atoms with van der Waals surface area (Å²) in [5.74, 6) is -0.0169. The minimum Gasteiger partial charge on any atom is -0.352 e. The SMILES string of the molecule is O=C(CCN1C(=S)N[C@@H](c2ccccn2)[C@H]1c1cccn1C1CCCCC1)Nc1ccccc1. The zero-order valence-corrected chi connectivity index (χ0v) is 20.1. The third-order valence-electron chi connectivity index (χ3n) is 6.92. The van der Waals surface area contributed by atoms with E-state index in [1.165, 1.54) is 37.8 Å². The first-order valence-corrected chi connectivity index (χ1v) is 12.6. The van der Waals surface area contributed by atoms with E-state index in [2.05, 4.69) is 43.4 Å². The van der Waals surface area contributed by atoms with Crippen LogP contribution in [0.1, 0.15) is 68.0 Å². The van der Waals surface area contributed by atoms with Crippen LogP contribution in [0.25, 0.3) is 0 Å². The van der Waals surface area contributed by atoms with E-state index < -0.39 is 0 Å². The van der Waals surface area contributed by atoms with Gasteiger partial charge in [0, 0.05) is 42.8 Å². The number of nitrogens with zero attached hydrogens (tertiary/aromatic N) is 3. The van der Waals surface area contributed by atoms with E-state index in [0.717, 1.165) is 11.4 Å². The number of hydrogen-bond donors (Lipinski definition) is 2. The summed E-state index contributed by atoms with van der Waals surface area (Å²) < 4.78 is 2.45. The average molecular weight is 474 g/mol. The first-order valence-electron chi connectivity index (χ1n) is 12.2. The van der Waals surface area contributed by atoms with Crippen LogP contribution in [0, 0.1) is 0 Å². The summed E-state index contributed by atoms with van der Waals surface area (Å²) >= 11 is 5.80. The Labute approximate surface area is 206 Å². The third-order valence-corrected chi connectivity index (χ3v) is 7.27. The molecule has 1 aliphatic carbocycles. The lowest BCUT2D eigenvalue weighted by molar-refractivity contribution is -0.116. The molecule has 0 spiro atoms. The van der Waals surface area contributed by atoms with Gasteiger partial charge in [-0.25, -0.2) is 0 Å². The molecule has 1 saturated heterocycles. The molecule has 2 N–H and O–H groups in total. The van der Waals surface area contributed by atoms with Crippen molar-refractivity contribution in [3.05, 3.63) is 84.4 Å². The van der Waals surface area contributed by atoms with Crippen molar-refractivity contribution in [2.75, 3.05) is 11.9 Å². The number of aromatic nitrogens is 2. The first kappa shape index (κ1) is 22.6. The van der Waals surface area contributed by atoms with E-state index in [4.69, 9.17) is 12.2 Å². The number of amides is 1. The van der Waals surface area contributed by atoms with Gasteiger partial charge in [-0.2, -0.15) is 0 Å². The van der Waals surface area contributed by atoms with Gasteiger partial charge in [-0.05, 0) is 61.5 Å². The number of anilines is 1. The van der Waals surface area contributed by atoms with Crippen molar-refractivity contribution in [1.29, 1.82) is 0 Å². The predicted octanol–water partition coefficient (Wildman–Crippen LogP) is 5.39. The second kappa shape index (κ2) is 10.4. The van der Waals surface area contributed by atoms with Gasteiger partial charge in [0.25, 0.3) is 0 Å². The predicted molar refractivity (Wildman–Crippen MR) is 138 cm³/mol. The van der Waals surface area contributed by atoms with Gasteiger partial charge in [-0.1, -0.05) is 43.5 Å². The molecule has 6 nitrogen and oxygen atoms in total. The molecule has 2 atom stereocenters. The maximum absolute atomic E-state index is 12.7. The quantitative estimate of drug-likeness (QED) is 0.451. The number of rotatable bonds is 7. The Bertz CT molecular complexity index is 1110. The Morgan fingerprint density at radius 1 is 1.03 bits per heavy atom. The molecule has 1 saturated carbocycles. The van der Waals surface area contributed by atoms with Gasteiger partial charge in [-0.3, -0.25) is 9.78 Å². The van der Waals surface area contributed by atoms with Crippen LogP contribution in [0.15, 0.2) is 73.1 Å². The van der Waals surface area contributed by atoms with E-state index in [1.807, 2.05) is 54.7 Å². The summed E-state index contributed by atoms with van der Waals surface area (Å²) in [5.41, 5.74) is 3.00. The number of para-hydroxylation sites is 1. The molecule has 1 amide bonds. The fourth-order valence-electron chi connectivity index (χ4n) is 5.28. The van der Waals surface area contributed by atoms with Crippen LogP contribution in [-0.2, 0) is 4.79 Å². The molecule has 1 aromatic carbocycles. The van der Waals surface area contributed by atoms with E-state index in [0.29, 0.717) is 24.1 Å². The highest BCUT2D eigenvalue weighted by Gasteiger charge is 2.41. The Morgan fingerprint density at radius 3 is 2.59 bits per heavy atom. The lowest BCUT2D eigenvalue weighted by Crippen LogP contribution is -2.33. The molecule has 2 fully saturated rings. The molecule has 2 aromatic heterocycles. The van der Waals surface area contributed by atoms with Crippen molar-refractivity contribution in [3.63, 3.8) is 0 Å². The topological polar surface area (TPSA) is 62.2 Å². The van der Waals surface area contributed by atoms with Crippen LogP contribution in [0.4, 0.5) is 5.69 Å². The van der Waals surface area contributed by atoms with Crippen LogP contribution >= 0.6 is 12.2 Å². The molecule has 7 heteroatoms. The van der Waals surface area contributed by atoms with Crippen LogP contribution < -0.4 is 10.6 Å². The van der Waals surface area contributed by atoms with Gasteiger partial charge in [0.05, 0.1) is 17.8 Å². The molecule has 0 unspecified atom stereocenters. The van der Waals surface area contributed by atoms with E-state index >= 15 is 0 Å². The highest BCUT2D eigenvalue weighted by Crippen LogP contribution is 2.41. The van der Waals surface area contributed by atoms with Gasteiger partial charge in [0.1, 0.15) is 0 Å². The number of carbonyl (C=O) groups is 1. The van der Waals surface area contributed by atoms with Crippen molar-refractivity contribution < 1.29 is 4.79 Å². The van der Waals surface area contributed by atoms with Crippen LogP contribution in [0.3, 0.4) is 0 Å². The first-order chi connectivity index (χ1) is 16.7. The number of benzene rings is 1. The Balaban J connectivity index is 1.40. The van der Waals surface area contributed by atoms with Crippen molar-refractivity contribution in [2.45, 2.75) is 56.7 Å². The largest absolute Gasteiger partial charge is 0.352 e. The average Bonchev–Trinajstić information content (AvgIpc) is 3.48. The minimum absolute atomic E-state index is 0.0169. The molecule has 3 heterocycles. The number of nitrogens with one attached hydrogen (secondary N) is 2. The van der Waals surface area contributed by atoms with E-state index in [1.54, 1.807) is 0 Å². The molecule has 0 radical (unpaired) electrons. The second-order valence-corrected chi connectivity index (χ2v) is 9.50. The highest BCUT2D eigenvalue weighted by molar-refractivity contribution is 7.80. The Hall–Kier alpha value is -3.19. The molecule has 1 aliphatic heterocycles. The summed E-state index contributed by atoms with van der Waals surface area (Å²) in [7, 11) is 0. The van der Waals surface area contributed by atoms with E-state index in [9.17, 15) is 4.79 Å². The Kier molecular flexibility index (Phi) is 6.90. The van der Waals surface area contributed by atoms with Crippen molar-refractivity contribution >= 4 is 28.9 Å². The fraction of sp³-hybridized carbons (Fsp3) is 0.370. The summed E-state index contributed by atoms with van der Waals surface area (Å²) in [6.45, 7) is 0.536. The van der Waals surface area contributed by atoms with Gasteiger partial charge >= 0.3 is 0 Å². The third kappa shape index (κ3) is 4.85. The highest BCUT2D eigenvalue weighted by atomic mass is 32.1. The van der Waals surface area contributed by atoms with Crippen molar-refractivity contribution in [1.82, 2.24) is 19.8 Å². The van der Waals surface area contributed by atoms with Gasteiger partial charge in [0.15, 0.2) is 5.11 Å². The minimum atomic E-state index is -0.0666. The Morgan fingerprint density at radius 2 is 1.82 bits per heavy atom. The monoisotopic (exact) mass is 473 g/mol. The lowest BCUT2D eigenvalue weighted by Gasteiger charge is -2.32. The van der Waals surface area contributed by atoms with Gasteiger partial charge in [0.2, 0.25) is 5.91 Å². The van der Waals surface area contributed by atoms with E-state index in [-0.39, 0.29) is 18.0 Å². The van der Waals surface area contributed by atoms with Crippen LogP contribution in [0.2, 0.25) is 0 Å². The fourth-order valence-corrected chi connectivity index (χ4v) is 5.62. The number of pyridine rings is 1. The van der Waals surface area contributed by atoms with Gasteiger partial charge < -0.3 is 20.1 Å². The van der Waals surface area contributed by atoms with Gasteiger partial charge in [-0.15, -0.1) is 0 Å². The normalized spacial score (nSPS) is 20.8. The zero-order valence-electron chi connectivity index (χ0n) is 19.3. The summed E-state index contributed by atoms with van der Waals surface area (Å²) in [4.78, 5) is 19.5. The molecular formula is C27H31N5OS. The summed E-state index contributed by atoms with van der Waals surface area (Å²) in [6, 6.07) is 20.3. The van der Waals surface area contributed by atoms with Crippen molar-refractivity contribution in [2.24, 2.45) is 0 Å². The number of hydrogen-bond acceptors (Lipinski definition) is 3. The summed E-state index contributed by atoms with van der Waals surface area (Å²) in [5, 5.41) is 7.17. The molecule has 0 bridgehead atoms. The molecule has 5 rings (SSSR count).